The number of halogens is 2. The molecule has 0 aromatic heterocycles. The number of nitrogens with one attached hydrogen (secondary N) is 1. The van der Waals surface area contributed by atoms with Gasteiger partial charge in [-0.3, -0.25) is 14.5 Å². The second kappa shape index (κ2) is 10.7. The van der Waals surface area contributed by atoms with Crippen molar-refractivity contribution in [3.05, 3.63) is 92.5 Å². The second-order valence-corrected chi connectivity index (χ2v) is 10.4. The first-order chi connectivity index (χ1) is 16.7. The van der Waals surface area contributed by atoms with Gasteiger partial charge >= 0.3 is 0 Å². The quantitative estimate of drug-likeness (QED) is 0.266. The van der Waals surface area contributed by atoms with E-state index >= 15 is 0 Å². The lowest BCUT2D eigenvalue weighted by Gasteiger charge is -2.14. The summed E-state index contributed by atoms with van der Waals surface area (Å²) in [6.07, 6.45) is 1.71. The minimum absolute atomic E-state index is 0.162. The Morgan fingerprint density at radius 1 is 1.14 bits per heavy atom. The van der Waals surface area contributed by atoms with Crippen molar-refractivity contribution in [1.29, 1.82) is 0 Å². The van der Waals surface area contributed by atoms with Crippen LogP contribution in [0.15, 0.2) is 70.0 Å². The number of thioether (sulfide) groups is 1. The van der Waals surface area contributed by atoms with Gasteiger partial charge in [-0.05, 0) is 85.1 Å². The number of hydrogen-bond acceptors (Lipinski definition) is 5. The summed E-state index contributed by atoms with van der Waals surface area (Å²) in [5, 5.41) is 2.90. The third kappa shape index (κ3) is 5.98. The molecule has 2 amide bonds. The van der Waals surface area contributed by atoms with Crippen LogP contribution in [0.3, 0.4) is 0 Å². The number of thiocarbonyl (C=S) groups is 1. The monoisotopic (exact) mass is 570 g/mol. The number of amides is 2. The summed E-state index contributed by atoms with van der Waals surface area (Å²) in [4.78, 5) is 27.2. The van der Waals surface area contributed by atoms with E-state index in [1.807, 2.05) is 32.0 Å². The average Bonchev–Trinajstić information content (AvgIpc) is 3.08. The van der Waals surface area contributed by atoms with Crippen LogP contribution in [0.5, 0.6) is 5.75 Å². The van der Waals surface area contributed by atoms with E-state index in [9.17, 15) is 14.0 Å². The summed E-state index contributed by atoms with van der Waals surface area (Å²) in [6.45, 7) is 3.69. The summed E-state index contributed by atoms with van der Waals surface area (Å²) < 4.78 is 20.3. The molecule has 1 saturated heterocycles. The lowest BCUT2D eigenvalue weighted by atomic mass is 10.1. The number of rotatable bonds is 6. The molecule has 0 unspecified atom stereocenters. The van der Waals surface area contributed by atoms with Crippen molar-refractivity contribution in [2.24, 2.45) is 0 Å². The van der Waals surface area contributed by atoms with Gasteiger partial charge in [0.05, 0.1) is 10.6 Å². The first kappa shape index (κ1) is 25.1. The molecule has 1 fully saturated rings. The van der Waals surface area contributed by atoms with Gasteiger partial charge in [-0.15, -0.1) is 0 Å². The summed E-state index contributed by atoms with van der Waals surface area (Å²) >= 11 is 9.98. The zero-order valence-corrected chi connectivity index (χ0v) is 22.0. The van der Waals surface area contributed by atoms with E-state index in [0.29, 0.717) is 20.7 Å². The Morgan fingerprint density at radius 3 is 2.51 bits per heavy atom. The van der Waals surface area contributed by atoms with E-state index in [-0.39, 0.29) is 24.2 Å². The molecule has 35 heavy (non-hydrogen) atoms. The molecule has 0 bridgehead atoms. The highest BCUT2D eigenvalue weighted by molar-refractivity contribution is 9.10. The molecule has 0 saturated carbocycles. The highest BCUT2D eigenvalue weighted by atomic mass is 79.9. The van der Waals surface area contributed by atoms with E-state index in [4.69, 9.17) is 17.0 Å². The van der Waals surface area contributed by atoms with Crippen molar-refractivity contribution < 1.29 is 18.7 Å². The topological polar surface area (TPSA) is 58.6 Å². The van der Waals surface area contributed by atoms with Gasteiger partial charge in [0.2, 0.25) is 0 Å². The molecule has 9 heteroatoms. The normalized spacial score (nSPS) is 14.5. The number of ether oxygens (including phenoxy) is 1. The number of carbonyl (C=O) groups is 2. The molecule has 5 nitrogen and oxygen atoms in total. The molecule has 0 radical (unpaired) electrons. The minimum Gasteiger partial charge on any atom is -0.484 e. The summed E-state index contributed by atoms with van der Waals surface area (Å²) in [6, 6.07) is 16.6. The lowest BCUT2D eigenvalue weighted by Crippen LogP contribution is -2.27. The molecule has 3 aromatic carbocycles. The van der Waals surface area contributed by atoms with Crippen LogP contribution < -0.4 is 15.0 Å². The number of aryl methyl sites for hydroxylation is 2. The van der Waals surface area contributed by atoms with E-state index in [1.54, 1.807) is 24.3 Å². The van der Waals surface area contributed by atoms with Gasteiger partial charge in [0.1, 0.15) is 11.6 Å². The SMILES string of the molecule is Cc1cc(Br)cc(C)c1NC(=O)COc1cccc(/C=C2\SC(=S)N(c3ccc(F)cc3)C2=O)c1. The van der Waals surface area contributed by atoms with Crippen molar-refractivity contribution in [2.45, 2.75) is 13.8 Å². The van der Waals surface area contributed by atoms with E-state index < -0.39 is 0 Å². The van der Waals surface area contributed by atoms with E-state index in [2.05, 4.69) is 21.2 Å². The lowest BCUT2D eigenvalue weighted by molar-refractivity contribution is -0.118. The van der Waals surface area contributed by atoms with Crippen LogP contribution in [-0.2, 0) is 9.59 Å². The molecule has 0 aliphatic carbocycles. The highest BCUT2D eigenvalue weighted by Crippen LogP contribution is 2.36. The van der Waals surface area contributed by atoms with Gasteiger partial charge in [0, 0.05) is 10.2 Å². The first-order valence-electron chi connectivity index (χ1n) is 10.5. The second-order valence-electron chi connectivity index (χ2n) is 7.82. The van der Waals surface area contributed by atoms with Crippen molar-refractivity contribution in [1.82, 2.24) is 0 Å². The minimum atomic E-state index is -0.387. The molecule has 1 heterocycles. The molecule has 3 aromatic rings. The van der Waals surface area contributed by atoms with Crippen LogP contribution in [0.4, 0.5) is 15.8 Å². The van der Waals surface area contributed by atoms with Crippen molar-refractivity contribution in [2.75, 3.05) is 16.8 Å². The summed E-state index contributed by atoms with van der Waals surface area (Å²) in [5.74, 6) is -0.448. The Kier molecular flexibility index (Phi) is 7.69. The Morgan fingerprint density at radius 2 is 1.83 bits per heavy atom. The summed E-state index contributed by atoms with van der Waals surface area (Å²) in [7, 11) is 0. The highest BCUT2D eigenvalue weighted by Gasteiger charge is 2.33. The largest absolute Gasteiger partial charge is 0.484 e. The average molecular weight is 571 g/mol. The van der Waals surface area contributed by atoms with Crippen molar-refractivity contribution in [3.8, 4) is 5.75 Å². The van der Waals surface area contributed by atoms with Crippen molar-refractivity contribution in [3.63, 3.8) is 0 Å². The fourth-order valence-corrected chi connectivity index (χ4v) is 5.54. The van der Waals surface area contributed by atoms with Crippen LogP contribution in [0.2, 0.25) is 0 Å². The van der Waals surface area contributed by atoms with Crippen LogP contribution in [0, 0.1) is 19.7 Å². The third-order valence-corrected chi connectivity index (χ3v) is 6.93. The Hall–Kier alpha value is -3.01. The maximum atomic E-state index is 13.3. The zero-order chi connectivity index (χ0) is 25.1. The van der Waals surface area contributed by atoms with Gasteiger partial charge in [-0.25, -0.2) is 4.39 Å². The maximum absolute atomic E-state index is 13.3. The van der Waals surface area contributed by atoms with Gasteiger partial charge in [-0.1, -0.05) is 52.0 Å². The molecule has 178 valence electrons. The van der Waals surface area contributed by atoms with Crippen LogP contribution >= 0.6 is 39.9 Å². The number of nitrogens with zero attached hydrogens (tertiary/aromatic N) is 1. The predicted octanol–water partition coefficient (Wildman–Crippen LogP) is 6.63. The van der Waals surface area contributed by atoms with Crippen molar-refractivity contribution >= 4 is 73.5 Å². The third-order valence-electron chi connectivity index (χ3n) is 5.17. The molecule has 1 N–H and O–H groups in total. The first-order valence-corrected chi connectivity index (χ1v) is 12.6. The molecule has 1 aliphatic rings. The van der Waals surface area contributed by atoms with Crippen LogP contribution in [-0.4, -0.2) is 22.7 Å². The molecular weight excluding hydrogens is 551 g/mol. The molecule has 0 atom stereocenters. The van der Waals surface area contributed by atoms with Gasteiger partial charge in [-0.2, -0.15) is 0 Å². The van der Waals surface area contributed by atoms with Gasteiger partial charge in [0.15, 0.2) is 10.9 Å². The van der Waals surface area contributed by atoms with Crippen LogP contribution in [0.25, 0.3) is 6.08 Å². The zero-order valence-electron chi connectivity index (χ0n) is 18.8. The number of anilines is 2. The standard InChI is InChI=1S/C26H20BrFN2O3S2/c1-15-10-18(27)11-16(2)24(15)29-23(31)14-33-21-5-3-4-17(12-21)13-22-25(32)30(26(34)35-22)20-8-6-19(28)7-9-20/h3-13H,14H2,1-2H3,(H,29,31)/b22-13-. The fraction of sp³-hybridized carbons (Fsp3) is 0.115. The fourth-order valence-electron chi connectivity index (χ4n) is 3.56. The Labute approximate surface area is 220 Å². The van der Waals surface area contributed by atoms with E-state index in [1.165, 1.54) is 40.9 Å². The molecule has 4 rings (SSSR count). The van der Waals surface area contributed by atoms with Gasteiger partial charge in [0.25, 0.3) is 11.8 Å². The van der Waals surface area contributed by atoms with Crippen LogP contribution in [0.1, 0.15) is 16.7 Å². The number of benzene rings is 3. The van der Waals surface area contributed by atoms with E-state index in [0.717, 1.165) is 26.9 Å². The number of carbonyl (C=O) groups excluding carboxylic acids is 2. The molecular formula is C26H20BrFN2O3S2. The Bertz CT molecular complexity index is 1340. The number of hydrogen-bond donors (Lipinski definition) is 1. The Balaban J connectivity index is 1.43. The predicted molar refractivity (Wildman–Crippen MR) is 146 cm³/mol. The molecule has 1 aliphatic heterocycles. The van der Waals surface area contributed by atoms with Gasteiger partial charge < -0.3 is 10.1 Å². The smallest absolute Gasteiger partial charge is 0.270 e. The summed E-state index contributed by atoms with van der Waals surface area (Å²) in [5.41, 5.74) is 3.90. The molecule has 0 spiro atoms. The maximum Gasteiger partial charge on any atom is 0.270 e.